The largest absolute Gasteiger partial charge is 0.497 e. The third-order valence-electron chi connectivity index (χ3n) is 2.03. The van der Waals surface area contributed by atoms with Gasteiger partial charge in [-0.3, -0.25) is 0 Å². The quantitative estimate of drug-likeness (QED) is 0.729. The van der Waals surface area contributed by atoms with Gasteiger partial charge in [0.25, 0.3) is 0 Å². The lowest BCUT2D eigenvalue weighted by Crippen LogP contribution is -2.21. The summed E-state index contributed by atoms with van der Waals surface area (Å²) in [4.78, 5) is 0. The Morgan fingerprint density at radius 3 is 2.79 bits per heavy atom. The van der Waals surface area contributed by atoms with Crippen LogP contribution in [0.3, 0.4) is 0 Å². The molecule has 14 heavy (non-hydrogen) atoms. The van der Waals surface area contributed by atoms with Gasteiger partial charge in [0, 0.05) is 12.6 Å². The Hall–Kier alpha value is -1.57. The van der Waals surface area contributed by atoms with E-state index in [1.165, 1.54) is 0 Å². The van der Waals surface area contributed by atoms with Crippen LogP contribution in [0.2, 0.25) is 0 Å². The van der Waals surface area contributed by atoms with E-state index in [0.29, 0.717) is 17.9 Å². The Kier molecular flexibility index (Phi) is 3.46. The zero-order chi connectivity index (χ0) is 10.6. The third kappa shape index (κ3) is 2.02. The zero-order valence-electron chi connectivity index (χ0n) is 8.03. The molecule has 4 nitrogen and oxygen atoms in total. The second kappa shape index (κ2) is 4.61. The van der Waals surface area contributed by atoms with Crippen LogP contribution in [0.15, 0.2) is 18.2 Å². The van der Waals surface area contributed by atoms with E-state index in [-0.39, 0.29) is 6.04 Å². The van der Waals surface area contributed by atoms with Gasteiger partial charge in [0.1, 0.15) is 5.75 Å². The second-order valence-corrected chi connectivity index (χ2v) is 2.91. The Balaban J connectivity index is 3.13. The highest BCUT2D eigenvalue weighted by Crippen LogP contribution is 2.20. The number of nitriles is 1. The van der Waals surface area contributed by atoms with Crippen LogP contribution in [-0.2, 0) is 0 Å². The van der Waals surface area contributed by atoms with E-state index < -0.39 is 0 Å². The Morgan fingerprint density at radius 2 is 2.29 bits per heavy atom. The number of hydrogen-bond donors (Lipinski definition) is 2. The first-order chi connectivity index (χ1) is 6.72. The highest BCUT2D eigenvalue weighted by Gasteiger charge is 2.09. The molecular formula is C10H13N3O. The molecule has 0 fully saturated rings. The second-order valence-electron chi connectivity index (χ2n) is 2.91. The zero-order valence-corrected chi connectivity index (χ0v) is 8.03. The van der Waals surface area contributed by atoms with Crippen LogP contribution < -0.4 is 16.2 Å². The van der Waals surface area contributed by atoms with Crippen LogP contribution in [0.5, 0.6) is 5.75 Å². The summed E-state index contributed by atoms with van der Waals surface area (Å²) in [7, 11) is 1.55. The molecule has 0 radical (unpaired) electrons. The lowest BCUT2D eigenvalue weighted by atomic mass is 10.0. The highest BCUT2D eigenvalue weighted by atomic mass is 16.5. The summed E-state index contributed by atoms with van der Waals surface area (Å²) in [6, 6.07) is 6.97. The molecule has 0 heterocycles. The summed E-state index contributed by atoms with van der Waals surface area (Å²) in [6.45, 7) is 0.320. The molecule has 0 spiro atoms. The van der Waals surface area contributed by atoms with Crippen molar-refractivity contribution in [2.45, 2.75) is 6.04 Å². The van der Waals surface area contributed by atoms with Gasteiger partial charge in [-0.05, 0) is 17.7 Å². The van der Waals surface area contributed by atoms with Crippen LogP contribution in [0.25, 0.3) is 0 Å². The SMILES string of the molecule is COc1ccc([C@H](N)CN)c(C#N)c1. The van der Waals surface area contributed by atoms with E-state index in [1.54, 1.807) is 25.3 Å². The number of nitrogens with two attached hydrogens (primary N) is 2. The van der Waals surface area contributed by atoms with E-state index in [9.17, 15) is 0 Å². The van der Waals surface area contributed by atoms with Crippen molar-refractivity contribution in [1.82, 2.24) is 0 Å². The van der Waals surface area contributed by atoms with Crippen molar-refractivity contribution in [2.75, 3.05) is 13.7 Å². The molecule has 0 amide bonds. The smallest absolute Gasteiger partial charge is 0.120 e. The highest BCUT2D eigenvalue weighted by molar-refractivity contribution is 5.44. The fourth-order valence-electron chi connectivity index (χ4n) is 1.21. The maximum absolute atomic E-state index is 8.88. The van der Waals surface area contributed by atoms with Gasteiger partial charge in [0.2, 0.25) is 0 Å². The molecule has 0 unspecified atom stereocenters. The van der Waals surface area contributed by atoms with E-state index in [1.807, 2.05) is 0 Å². The van der Waals surface area contributed by atoms with Crippen LogP contribution in [0.1, 0.15) is 17.2 Å². The number of rotatable bonds is 3. The number of nitrogens with zero attached hydrogens (tertiary/aromatic N) is 1. The molecule has 4 heteroatoms. The van der Waals surface area contributed by atoms with Gasteiger partial charge in [0.15, 0.2) is 0 Å². The molecular weight excluding hydrogens is 178 g/mol. The van der Waals surface area contributed by atoms with Crippen molar-refractivity contribution in [3.05, 3.63) is 29.3 Å². The van der Waals surface area contributed by atoms with Gasteiger partial charge < -0.3 is 16.2 Å². The van der Waals surface area contributed by atoms with Gasteiger partial charge in [-0.2, -0.15) is 5.26 Å². The molecule has 0 aliphatic rings. The first-order valence-electron chi connectivity index (χ1n) is 4.26. The minimum Gasteiger partial charge on any atom is -0.497 e. The molecule has 1 aromatic rings. The van der Waals surface area contributed by atoms with Crippen LogP contribution in [-0.4, -0.2) is 13.7 Å². The molecule has 0 saturated carbocycles. The summed E-state index contributed by atoms with van der Waals surface area (Å²) in [5.41, 5.74) is 12.5. The molecule has 0 aliphatic carbocycles. The van der Waals surface area contributed by atoms with Gasteiger partial charge in [-0.1, -0.05) is 6.07 Å². The fourth-order valence-corrected chi connectivity index (χ4v) is 1.21. The van der Waals surface area contributed by atoms with E-state index >= 15 is 0 Å². The fraction of sp³-hybridized carbons (Fsp3) is 0.300. The summed E-state index contributed by atoms with van der Waals surface area (Å²) in [6.07, 6.45) is 0. The lowest BCUT2D eigenvalue weighted by Gasteiger charge is -2.11. The summed E-state index contributed by atoms with van der Waals surface area (Å²) >= 11 is 0. The predicted octanol–water partition coefficient (Wildman–Crippen LogP) is 0.525. The summed E-state index contributed by atoms with van der Waals surface area (Å²) in [5.74, 6) is 0.648. The van der Waals surface area contributed by atoms with Crippen LogP contribution in [0.4, 0.5) is 0 Å². The van der Waals surface area contributed by atoms with Crippen molar-refractivity contribution < 1.29 is 4.74 Å². The van der Waals surface area contributed by atoms with Gasteiger partial charge in [-0.25, -0.2) is 0 Å². The standard InChI is InChI=1S/C10H13N3O/c1-14-8-2-3-9(10(13)6-12)7(4-8)5-11/h2-4,10H,6,12-13H2,1H3/t10-/m1/s1. The third-order valence-corrected chi connectivity index (χ3v) is 2.03. The molecule has 0 aromatic heterocycles. The van der Waals surface area contributed by atoms with Crippen LogP contribution >= 0.6 is 0 Å². The molecule has 74 valence electrons. The number of hydrogen-bond acceptors (Lipinski definition) is 4. The Bertz CT molecular complexity index is 357. The molecule has 4 N–H and O–H groups in total. The molecule has 1 rings (SSSR count). The number of benzene rings is 1. The predicted molar refractivity (Wildman–Crippen MR) is 53.7 cm³/mol. The van der Waals surface area contributed by atoms with Crippen molar-refractivity contribution in [1.29, 1.82) is 5.26 Å². The maximum atomic E-state index is 8.88. The molecule has 1 atom stereocenters. The van der Waals surface area contributed by atoms with Crippen molar-refractivity contribution in [3.63, 3.8) is 0 Å². The topological polar surface area (TPSA) is 85.1 Å². The first-order valence-corrected chi connectivity index (χ1v) is 4.26. The van der Waals surface area contributed by atoms with Gasteiger partial charge in [-0.15, -0.1) is 0 Å². The number of ether oxygens (including phenoxy) is 1. The van der Waals surface area contributed by atoms with E-state index in [4.69, 9.17) is 21.5 Å². The van der Waals surface area contributed by atoms with Crippen molar-refractivity contribution in [2.24, 2.45) is 11.5 Å². The Labute approximate surface area is 83.1 Å². The summed E-state index contributed by atoms with van der Waals surface area (Å²) in [5, 5.41) is 8.88. The molecule has 0 bridgehead atoms. The minimum absolute atomic E-state index is 0.296. The van der Waals surface area contributed by atoms with Crippen molar-refractivity contribution >= 4 is 0 Å². The Morgan fingerprint density at radius 1 is 1.57 bits per heavy atom. The average Bonchev–Trinajstić information content (AvgIpc) is 2.27. The molecule has 1 aromatic carbocycles. The first kappa shape index (κ1) is 10.5. The van der Waals surface area contributed by atoms with E-state index in [2.05, 4.69) is 6.07 Å². The average molecular weight is 191 g/mol. The lowest BCUT2D eigenvalue weighted by molar-refractivity contribution is 0.414. The minimum atomic E-state index is -0.296. The molecule has 0 saturated heterocycles. The molecule has 0 aliphatic heterocycles. The monoisotopic (exact) mass is 191 g/mol. The van der Waals surface area contributed by atoms with E-state index in [0.717, 1.165) is 5.56 Å². The normalized spacial score (nSPS) is 11.9. The van der Waals surface area contributed by atoms with Gasteiger partial charge >= 0.3 is 0 Å². The van der Waals surface area contributed by atoms with Crippen molar-refractivity contribution in [3.8, 4) is 11.8 Å². The maximum Gasteiger partial charge on any atom is 0.120 e. The van der Waals surface area contributed by atoms with Gasteiger partial charge in [0.05, 0.1) is 18.7 Å². The summed E-state index contributed by atoms with van der Waals surface area (Å²) < 4.78 is 5.00. The van der Waals surface area contributed by atoms with Crippen LogP contribution in [0, 0.1) is 11.3 Å². The number of methoxy groups -OCH3 is 1.